The molecule has 0 fully saturated rings. The number of H-pyrrole nitrogens is 1. The highest BCUT2D eigenvalue weighted by atomic mass is 16.5. The maximum Gasteiger partial charge on any atom is 0.232 e. The normalized spacial score (nSPS) is 15.6. The molecular weight excluding hydrogens is 530 g/mol. The number of carbonyl (C=O) groups is 1. The number of nitrogens with two attached hydrogens (primary N) is 1. The van der Waals surface area contributed by atoms with Crippen molar-refractivity contribution in [1.29, 1.82) is 0 Å². The van der Waals surface area contributed by atoms with Gasteiger partial charge in [0, 0.05) is 47.5 Å². The Morgan fingerprint density at radius 3 is 2.71 bits per heavy atom. The summed E-state index contributed by atoms with van der Waals surface area (Å²) in [5, 5.41) is 18.3. The summed E-state index contributed by atoms with van der Waals surface area (Å²) < 4.78 is 6.02. The van der Waals surface area contributed by atoms with Crippen molar-refractivity contribution in [2.75, 3.05) is 25.0 Å². The van der Waals surface area contributed by atoms with E-state index in [2.05, 4.69) is 84.2 Å². The number of aryl methyl sites for hydroxylation is 1. The van der Waals surface area contributed by atoms with E-state index in [1.54, 1.807) is 0 Å². The number of hydrogen-bond donors (Lipinski definition) is 8. The number of aliphatic hydroxyl groups is 1. The lowest BCUT2D eigenvalue weighted by atomic mass is 9.94. The Kier molecular flexibility index (Phi) is 14.2. The number of hydrogen-bond acceptors (Lipinski definition) is 8. The van der Waals surface area contributed by atoms with Crippen LogP contribution < -0.4 is 37.7 Å². The number of unbranched alkanes of at least 4 members (excludes halogenated alkanes) is 1. The average molecular weight is 582 g/mol. The number of aromatic amines is 1. The second-order valence-corrected chi connectivity index (χ2v) is 11.1. The van der Waals surface area contributed by atoms with Gasteiger partial charge in [-0.25, -0.2) is 5.43 Å². The molecule has 42 heavy (non-hydrogen) atoms. The Labute approximate surface area is 250 Å². The zero-order valence-corrected chi connectivity index (χ0v) is 25.7. The van der Waals surface area contributed by atoms with E-state index in [9.17, 15) is 9.90 Å². The molecule has 10 nitrogen and oxygen atoms in total. The van der Waals surface area contributed by atoms with Gasteiger partial charge in [-0.3, -0.25) is 10.6 Å². The molecule has 232 valence electrons. The average Bonchev–Trinajstić information content (AvgIpc) is 3.53. The second kappa shape index (κ2) is 17.8. The summed E-state index contributed by atoms with van der Waals surface area (Å²) in [6.45, 7) is 9.88. The summed E-state index contributed by atoms with van der Waals surface area (Å²) >= 11 is 0. The number of ether oxygens (including phenoxy) is 1. The Hall–Kier alpha value is -2.99. The summed E-state index contributed by atoms with van der Waals surface area (Å²) in [5.74, 6) is 5.69. The fraction of sp³-hybridized carbons (Fsp3) is 0.531. The number of benzene rings is 2. The fourth-order valence-electron chi connectivity index (χ4n) is 5.21. The summed E-state index contributed by atoms with van der Waals surface area (Å²) in [4.78, 5) is 15.9. The van der Waals surface area contributed by atoms with Crippen LogP contribution in [0.5, 0.6) is 5.75 Å². The van der Waals surface area contributed by atoms with Crippen LogP contribution in [-0.2, 0) is 17.6 Å². The Morgan fingerprint density at radius 1 is 1.14 bits per heavy atom. The number of carbonyl (C=O) groups excluding carboxylic acids is 1. The smallest absolute Gasteiger partial charge is 0.232 e. The van der Waals surface area contributed by atoms with Crippen molar-refractivity contribution >= 4 is 22.5 Å². The number of rotatable bonds is 17. The van der Waals surface area contributed by atoms with Crippen LogP contribution in [0.3, 0.4) is 0 Å². The number of hydrazine groups is 3. The Morgan fingerprint density at radius 2 is 1.95 bits per heavy atom. The first-order valence-electron chi connectivity index (χ1n) is 15.4. The van der Waals surface area contributed by atoms with Crippen LogP contribution in [0, 0.1) is 0 Å². The van der Waals surface area contributed by atoms with Crippen LogP contribution >= 0.6 is 0 Å². The topological polar surface area (TPSA) is 148 Å². The van der Waals surface area contributed by atoms with Crippen LogP contribution in [0.1, 0.15) is 82.4 Å². The highest BCUT2D eigenvalue weighted by molar-refractivity contribution is 6.03. The van der Waals surface area contributed by atoms with Gasteiger partial charge in [0.25, 0.3) is 0 Å². The standard InChI is InChI=1S/C29H43N7O3.C3H8/c1-3-4-8-24-28-25(34-29(24)38)9-5-10-27(28)39-18-22(37)17-31-19(2)14-21-16-32-26-15-20(11-12-23(21)26)7-6-13-33-36-35-30;1-3-2/h5,9-12,15-16,19,22,24,31-33,35-37H,3-4,6-8,13-14,17-18,30H2,1-2H3,(H,34,38);3H2,1-2H3. The SMILES string of the molecule is CCC.CCCCC1C(=O)Nc2cccc(OCC(O)CNC(C)Cc3c[nH]c4cc(CCCNNNN)ccc34)c21. The quantitative estimate of drug-likeness (QED) is 0.0673. The molecule has 0 aliphatic carbocycles. The molecule has 1 aliphatic heterocycles. The van der Waals surface area contributed by atoms with Crippen LogP contribution in [0.15, 0.2) is 42.6 Å². The van der Waals surface area contributed by atoms with E-state index in [-0.39, 0.29) is 24.5 Å². The third-order valence-corrected chi connectivity index (χ3v) is 7.25. The Bertz CT molecular complexity index is 1230. The van der Waals surface area contributed by atoms with Gasteiger partial charge in [0.15, 0.2) is 0 Å². The predicted octanol–water partition coefficient (Wildman–Crippen LogP) is 4.18. The second-order valence-electron chi connectivity index (χ2n) is 11.1. The van der Waals surface area contributed by atoms with Gasteiger partial charge < -0.3 is 25.5 Å². The molecule has 3 atom stereocenters. The highest BCUT2D eigenvalue weighted by Crippen LogP contribution is 2.41. The molecule has 3 aromatic rings. The van der Waals surface area contributed by atoms with Crippen molar-refractivity contribution in [1.82, 2.24) is 26.8 Å². The number of aromatic nitrogens is 1. The van der Waals surface area contributed by atoms with Crippen LogP contribution in [-0.4, -0.2) is 47.8 Å². The number of aliphatic hydroxyl groups excluding tert-OH is 1. The lowest BCUT2D eigenvalue weighted by Crippen LogP contribution is -2.47. The zero-order valence-electron chi connectivity index (χ0n) is 25.7. The molecule has 2 aromatic carbocycles. The van der Waals surface area contributed by atoms with Gasteiger partial charge in [-0.05, 0) is 61.9 Å². The van der Waals surface area contributed by atoms with Crippen LogP contribution in [0.25, 0.3) is 10.9 Å². The zero-order chi connectivity index (χ0) is 30.3. The predicted molar refractivity (Wildman–Crippen MR) is 171 cm³/mol. The summed E-state index contributed by atoms with van der Waals surface area (Å²) in [6.07, 6.45) is 8.28. The van der Waals surface area contributed by atoms with Crippen molar-refractivity contribution in [2.45, 2.75) is 90.7 Å². The maximum atomic E-state index is 12.5. The van der Waals surface area contributed by atoms with Gasteiger partial charge in [0.1, 0.15) is 18.5 Å². The third kappa shape index (κ3) is 9.79. The minimum Gasteiger partial charge on any atom is -0.490 e. The molecule has 1 amide bonds. The van der Waals surface area contributed by atoms with Crippen molar-refractivity contribution in [2.24, 2.45) is 5.84 Å². The number of anilines is 1. The maximum absolute atomic E-state index is 12.5. The summed E-state index contributed by atoms with van der Waals surface area (Å²) in [6, 6.07) is 12.4. The van der Waals surface area contributed by atoms with Gasteiger partial charge in [0.2, 0.25) is 5.91 Å². The van der Waals surface area contributed by atoms with E-state index in [0.717, 1.165) is 61.8 Å². The number of fused-ring (bicyclic) bond motifs is 2. The largest absolute Gasteiger partial charge is 0.490 e. The molecule has 0 saturated carbocycles. The molecule has 2 heterocycles. The van der Waals surface area contributed by atoms with E-state index in [1.807, 2.05) is 18.2 Å². The first-order chi connectivity index (χ1) is 20.4. The van der Waals surface area contributed by atoms with Gasteiger partial charge >= 0.3 is 0 Å². The first kappa shape index (κ1) is 33.5. The van der Waals surface area contributed by atoms with Crippen molar-refractivity contribution in [3.05, 3.63) is 59.3 Å². The lowest BCUT2D eigenvalue weighted by Gasteiger charge is -2.19. The molecule has 3 unspecified atom stereocenters. The van der Waals surface area contributed by atoms with Crippen LogP contribution in [0.2, 0.25) is 0 Å². The molecule has 1 aliphatic rings. The molecule has 10 heteroatoms. The van der Waals surface area contributed by atoms with E-state index >= 15 is 0 Å². The summed E-state index contributed by atoms with van der Waals surface area (Å²) in [5.41, 5.74) is 13.4. The minimum absolute atomic E-state index is 0.0324. The lowest BCUT2D eigenvalue weighted by molar-refractivity contribution is -0.117. The molecule has 0 saturated heterocycles. The van der Waals surface area contributed by atoms with Gasteiger partial charge in [-0.2, -0.15) is 11.1 Å². The van der Waals surface area contributed by atoms with Gasteiger partial charge in [-0.15, -0.1) is 0 Å². The van der Waals surface area contributed by atoms with E-state index < -0.39 is 6.10 Å². The third-order valence-electron chi connectivity index (χ3n) is 7.25. The van der Waals surface area contributed by atoms with Gasteiger partial charge in [0.05, 0.1) is 5.92 Å². The monoisotopic (exact) mass is 581 g/mol. The highest BCUT2D eigenvalue weighted by Gasteiger charge is 2.33. The first-order valence-corrected chi connectivity index (χ1v) is 15.4. The van der Waals surface area contributed by atoms with Crippen molar-refractivity contribution in [3.63, 3.8) is 0 Å². The summed E-state index contributed by atoms with van der Waals surface area (Å²) in [7, 11) is 0. The molecule has 0 radical (unpaired) electrons. The van der Waals surface area contributed by atoms with Crippen molar-refractivity contribution in [3.8, 4) is 5.75 Å². The van der Waals surface area contributed by atoms with Crippen LogP contribution in [0.4, 0.5) is 5.69 Å². The van der Waals surface area contributed by atoms with Gasteiger partial charge in [-0.1, -0.05) is 58.2 Å². The molecular formula is C32H51N7O3. The molecule has 1 aromatic heterocycles. The van der Waals surface area contributed by atoms with E-state index in [0.29, 0.717) is 12.3 Å². The molecule has 9 N–H and O–H groups in total. The molecule has 4 rings (SSSR count). The van der Waals surface area contributed by atoms with E-state index in [4.69, 9.17) is 10.6 Å². The fourth-order valence-corrected chi connectivity index (χ4v) is 5.21. The molecule has 0 spiro atoms. The van der Waals surface area contributed by atoms with Crippen molar-refractivity contribution < 1.29 is 14.6 Å². The number of nitrogens with one attached hydrogen (secondary N) is 6. The number of amides is 1. The minimum atomic E-state index is -0.668. The van der Waals surface area contributed by atoms with E-state index in [1.165, 1.54) is 22.9 Å². The Balaban J connectivity index is 0.00000155. The molecule has 0 bridgehead atoms.